The summed E-state index contributed by atoms with van der Waals surface area (Å²) in [6, 6.07) is 0.402. The SMILES string of the molecule is CCCCC(NC(=O)CNS(=O)(=O)c1ccsc1C(=O)OC)C(=O)OC. The van der Waals surface area contributed by atoms with Crippen molar-refractivity contribution in [3.8, 4) is 0 Å². The molecular weight excluding hydrogens is 384 g/mol. The number of ether oxygens (including phenoxy) is 2. The van der Waals surface area contributed by atoms with E-state index in [2.05, 4.69) is 19.5 Å². The van der Waals surface area contributed by atoms with Crippen LogP contribution < -0.4 is 10.0 Å². The van der Waals surface area contributed by atoms with Gasteiger partial charge in [0.1, 0.15) is 15.8 Å². The summed E-state index contributed by atoms with van der Waals surface area (Å²) in [5.41, 5.74) is 0. The highest BCUT2D eigenvalue weighted by Crippen LogP contribution is 2.22. The van der Waals surface area contributed by atoms with Gasteiger partial charge in [-0.2, -0.15) is 0 Å². The summed E-state index contributed by atoms with van der Waals surface area (Å²) in [4.78, 5) is 34.9. The second kappa shape index (κ2) is 10.2. The fraction of sp³-hybridized carbons (Fsp3) is 0.533. The molecule has 0 aromatic carbocycles. The van der Waals surface area contributed by atoms with Crippen LogP contribution in [0.1, 0.15) is 35.9 Å². The lowest BCUT2D eigenvalue weighted by molar-refractivity contribution is -0.145. The Labute approximate surface area is 156 Å². The van der Waals surface area contributed by atoms with Gasteiger partial charge in [-0.3, -0.25) is 4.79 Å². The van der Waals surface area contributed by atoms with Crippen LogP contribution in [0, 0.1) is 0 Å². The molecule has 1 rings (SSSR count). The van der Waals surface area contributed by atoms with Crippen LogP contribution in [0.3, 0.4) is 0 Å². The summed E-state index contributed by atoms with van der Waals surface area (Å²) in [7, 11) is -1.74. The molecule has 0 spiro atoms. The number of unbranched alkanes of at least 4 members (excludes halogenated alkanes) is 1. The highest BCUT2D eigenvalue weighted by molar-refractivity contribution is 7.89. The monoisotopic (exact) mass is 406 g/mol. The van der Waals surface area contributed by atoms with Gasteiger partial charge < -0.3 is 14.8 Å². The molecule has 146 valence electrons. The number of methoxy groups -OCH3 is 2. The Bertz CT molecular complexity index is 743. The van der Waals surface area contributed by atoms with Gasteiger partial charge in [0.05, 0.1) is 20.8 Å². The molecule has 1 amide bonds. The van der Waals surface area contributed by atoms with Gasteiger partial charge in [0.25, 0.3) is 0 Å². The van der Waals surface area contributed by atoms with Crippen LogP contribution >= 0.6 is 11.3 Å². The molecule has 0 saturated heterocycles. The molecular formula is C15H22N2O7S2. The summed E-state index contributed by atoms with van der Waals surface area (Å²) in [6.07, 6.45) is 1.91. The van der Waals surface area contributed by atoms with Gasteiger partial charge >= 0.3 is 11.9 Å². The van der Waals surface area contributed by atoms with Gasteiger partial charge in [-0.15, -0.1) is 11.3 Å². The molecule has 9 nitrogen and oxygen atoms in total. The zero-order valence-electron chi connectivity index (χ0n) is 14.7. The van der Waals surface area contributed by atoms with Crippen molar-refractivity contribution in [3.05, 3.63) is 16.3 Å². The van der Waals surface area contributed by atoms with E-state index in [1.165, 1.54) is 18.6 Å². The third-order valence-corrected chi connectivity index (χ3v) is 5.85. The summed E-state index contributed by atoms with van der Waals surface area (Å²) in [5.74, 6) is -2.06. The number of amides is 1. The number of carbonyl (C=O) groups is 3. The van der Waals surface area contributed by atoms with E-state index in [0.29, 0.717) is 12.8 Å². The molecule has 0 fully saturated rings. The minimum atomic E-state index is -4.09. The Morgan fingerprint density at radius 2 is 1.92 bits per heavy atom. The Hall–Kier alpha value is -1.98. The summed E-state index contributed by atoms with van der Waals surface area (Å²) in [5, 5.41) is 3.87. The molecule has 2 N–H and O–H groups in total. The summed E-state index contributed by atoms with van der Waals surface area (Å²) in [6.45, 7) is 1.35. The Kier molecular flexibility index (Phi) is 8.69. The fourth-order valence-electron chi connectivity index (χ4n) is 2.03. The second-order valence-electron chi connectivity index (χ2n) is 5.22. The first-order valence-electron chi connectivity index (χ1n) is 7.79. The van der Waals surface area contributed by atoms with E-state index in [0.717, 1.165) is 24.9 Å². The Morgan fingerprint density at radius 3 is 2.50 bits per heavy atom. The predicted molar refractivity (Wildman–Crippen MR) is 94.3 cm³/mol. The molecule has 0 aliphatic heterocycles. The van der Waals surface area contributed by atoms with Gasteiger partial charge in [0.2, 0.25) is 15.9 Å². The largest absolute Gasteiger partial charge is 0.467 e. The van der Waals surface area contributed by atoms with Crippen molar-refractivity contribution in [2.75, 3.05) is 20.8 Å². The van der Waals surface area contributed by atoms with Crippen LogP contribution in [0.4, 0.5) is 0 Å². The van der Waals surface area contributed by atoms with E-state index in [-0.39, 0.29) is 9.77 Å². The molecule has 1 aromatic rings. The number of sulfonamides is 1. The smallest absolute Gasteiger partial charge is 0.349 e. The van der Waals surface area contributed by atoms with Crippen molar-refractivity contribution in [2.24, 2.45) is 0 Å². The Morgan fingerprint density at radius 1 is 1.23 bits per heavy atom. The maximum Gasteiger partial charge on any atom is 0.349 e. The number of thiophene rings is 1. The first-order valence-corrected chi connectivity index (χ1v) is 10.2. The number of nitrogens with one attached hydrogen (secondary N) is 2. The third kappa shape index (κ3) is 6.07. The van der Waals surface area contributed by atoms with E-state index in [4.69, 9.17) is 0 Å². The first kappa shape index (κ1) is 22.1. The fourth-order valence-corrected chi connectivity index (χ4v) is 4.35. The zero-order chi connectivity index (χ0) is 19.7. The lowest BCUT2D eigenvalue weighted by atomic mass is 10.1. The molecule has 1 aromatic heterocycles. The average Bonchev–Trinajstić information content (AvgIpc) is 3.13. The van der Waals surface area contributed by atoms with Crippen molar-refractivity contribution in [2.45, 2.75) is 37.1 Å². The first-order chi connectivity index (χ1) is 12.3. The van der Waals surface area contributed by atoms with Gasteiger partial charge in [-0.25, -0.2) is 22.7 Å². The van der Waals surface area contributed by atoms with Crippen molar-refractivity contribution < 1.29 is 32.3 Å². The highest BCUT2D eigenvalue weighted by atomic mass is 32.2. The molecule has 1 unspecified atom stereocenters. The number of esters is 2. The number of hydrogen-bond donors (Lipinski definition) is 2. The van der Waals surface area contributed by atoms with Crippen molar-refractivity contribution in [1.82, 2.24) is 10.0 Å². The molecule has 0 aliphatic rings. The maximum absolute atomic E-state index is 12.3. The second-order valence-corrected chi connectivity index (χ2v) is 7.87. The molecule has 1 heterocycles. The number of rotatable bonds is 10. The van der Waals surface area contributed by atoms with Crippen LogP contribution in [-0.4, -0.2) is 53.1 Å². The standard InChI is InChI=1S/C15H22N2O7S2/c1-4-5-6-10(14(19)23-2)17-12(18)9-16-26(21,22)11-7-8-25-13(11)15(20)24-3/h7-8,10,16H,4-6,9H2,1-3H3,(H,17,18). The van der Waals surface area contributed by atoms with Gasteiger partial charge in [0, 0.05) is 0 Å². The number of hydrogen-bond acceptors (Lipinski definition) is 8. The lowest BCUT2D eigenvalue weighted by Crippen LogP contribution is -2.46. The molecule has 0 saturated carbocycles. The molecule has 1 atom stereocenters. The van der Waals surface area contributed by atoms with Gasteiger partial charge in [-0.05, 0) is 17.9 Å². The minimum absolute atomic E-state index is 0.0872. The van der Waals surface area contributed by atoms with Crippen LogP contribution in [0.15, 0.2) is 16.3 Å². The van der Waals surface area contributed by atoms with Crippen LogP contribution in [-0.2, 0) is 29.1 Å². The molecule has 26 heavy (non-hydrogen) atoms. The van der Waals surface area contributed by atoms with E-state index in [1.807, 2.05) is 6.92 Å². The lowest BCUT2D eigenvalue weighted by Gasteiger charge is -2.16. The average molecular weight is 406 g/mol. The minimum Gasteiger partial charge on any atom is -0.467 e. The predicted octanol–water partition coefficient (Wildman–Crippen LogP) is 0.661. The van der Waals surface area contributed by atoms with Crippen molar-refractivity contribution in [3.63, 3.8) is 0 Å². The van der Waals surface area contributed by atoms with Crippen molar-refractivity contribution in [1.29, 1.82) is 0 Å². The topological polar surface area (TPSA) is 128 Å². The summed E-state index contributed by atoms with van der Waals surface area (Å²) >= 11 is 0.915. The highest BCUT2D eigenvalue weighted by Gasteiger charge is 2.26. The van der Waals surface area contributed by atoms with Gasteiger partial charge in [0.15, 0.2) is 0 Å². The van der Waals surface area contributed by atoms with Crippen LogP contribution in [0.5, 0.6) is 0 Å². The number of carbonyl (C=O) groups excluding carboxylic acids is 3. The molecule has 0 aliphatic carbocycles. The third-order valence-electron chi connectivity index (χ3n) is 3.38. The molecule has 0 radical (unpaired) electrons. The molecule has 11 heteroatoms. The summed E-state index contributed by atoms with van der Waals surface area (Å²) < 4.78 is 35.9. The van der Waals surface area contributed by atoms with E-state index in [9.17, 15) is 22.8 Å². The maximum atomic E-state index is 12.3. The van der Waals surface area contributed by atoms with Crippen LogP contribution in [0.2, 0.25) is 0 Å². The van der Waals surface area contributed by atoms with Crippen LogP contribution in [0.25, 0.3) is 0 Å². The van der Waals surface area contributed by atoms with E-state index < -0.39 is 40.5 Å². The van der Waals surface area contributed by atoms with E-state index >= 15 is 0 Å². The Balaban J connectivity index is 2.75. The quantitative estimate of drug-likeness (QED) is 0.546. The van der Waals surface area contributed by atoms with E-state index in [1.54, 1.807) is 0 Å². The zero-order valence-corrected chi connectivity index (χ0v) is 16.4. The van der Waals surface area contributed by atoms with Crippen molar-refractivity contribution >= 4 is 39.2 Å². The normalized spacial score (nSPS) is 12.3. The van der Waals surface area contributed by atoms with Gasteiger partial charge in [-0.1, -0.05) is 19.8 Å². The molecule has 0 bridgehead atoms.